The molecule has 1 fully saturated rings. The van der Waals surface area contributed by atoms with Gasteiger partial charge in [0.1, 0.15) is 0 Å². The Morgan fingerprint density at radius 3 is 2.72 bits per heavy atom. The highest BCUT2D eigenvalue weighted by Gasteiger charge is 2.32. The van der Waals surface area contributed by atoms with Crippen molar-refractivity contribution in [3.05, 3.63) is 34.9 Å². The van der Waals surface area contributed by atoms with Crippen LogP contribution >= 0.6 is 11.6 Å². The lowest BCUT2D eigenvalue weighted by Crippen LogP contribution is -2.48. The van der Waals surface area contributed by atoms with Crippen molar-refractivity contribution in [1.29, 1.82) is 0 Å². The number of benzene rings is 1. The van der Waals surface area contributed by atoms with Crippen molar-refractivity contribution in [2.24, 2.45) is 11.8 Å². The maximum Gasteiger partial charge on any atom is 0.224 e. The Labute approximate surface area is 155 Å². The van der Waals surface area contributed by atoms with Gasteiger partial charge in [0.05, 0.1) is 11.7 Å². The Balaban J connectivity index is 2.03. The lowest BCUT2D eigenvalue weighted by Gasteiger charge is -2.32. The number of amides is 1. The summed E-state index contributed by atoms with van der Waals surface area (Å²) in [6, 6.07) is 6.95. The van der Waals surface area contributed by atoms with Crippen LogP contribution in [0.2, 0.25) is 5.02 Å². The molecular formula is C18H27ClN2O3S. The van der Waals surface area contributed by atoms with E-state index in [0.29, 0.717) is 29.5 Å². The second-order valence-electron chi connectivity index (χ2n) is 7.12. The third kappa shape index (κ3) is 5.69. The molecular weight excluding hydrogens is 360 g/mol. The Kier molecular flexibility index (Phi) is 6.88. The van der Waals surface area contributed by atoms with Crippen molar-refractivity contribution >= 4 is 27.5 Å². The predicted octanol–water partition coefficient (Wildman–Crippen LogP) is 3.04. The molecule has 1 N–H and O–H groups in total. The van der Waals surface area contributed by atoms with Gasteiger partial charge in [-0.05, 0) is 43.4 Å². The van der Waals surface area contributed by atoms with Crippen LogP contribution in [0.5, 0.6) is 0 Å². The van der Waals surface area contributed by atoms with Gasteiger partial charge in [0.2, 0.25) is 15.9 Å². The van der Waals surface area contributed by atoms with E-state index in [1.54, 1.807) is 24.3 Å². The summed E-state index contributed by atoms with van der Waals surface area (Å²) in [5, 5.41) is 3.52. The number of nitrogens with zero attached hydrogens (tertiary/aromatic N) is 1. The number of carbonyl (C=O) groups is 1. The molecule has 1 saturated heterocycles. The largest absolute Gasteiger partial charge is 0.353 e. The van der Waals surface area contributed by atoms with Crippen molar-refractivity contribution < 1.29 is 13.2 Å². The smallest absolute Gasteiger partial charge is 0.224 e. The molecule has 1 aliphatic rings. The molecule has 0 radical (unpaired) electrons. The molecule has 0 unspecified atom stereocenters. The summed E-state index contributed by atoms with van der Waals surface area (Å²) in [5.74, 6) is -0.0900. The number of piperidine rings is 1. The Hall–Kier alpha value is -1.11. The average Bonchev–Trinajstić information content (AvgIpc) is 2.54. The summed E-state index contributed by atoms with van der Waals surface area (Å²) in [6.45, 7) is 6.78. The maximum absolute atomic E-state index is 12.7. The summed E-state index contributed by atoms with van der Waals surface area (Å²) in [5.41, 5.74) is 0.660. The molecule has 1 aliphatic heterocycles. The Morgan fingerprint density at radius 2 is 2.08 bits per heavy atom. The van der Waals surface area contributed by atoms with Crippen LogP contribution in [0.1, 0.15) is 39.2 Å². The van der Waals surface area contributed by atoms with Gasteiger partial charge in [-0.3, -0.25) is 4.79 Å². The van der Waals surface area contributed by atoms with Gasteiger partial charge in [0.25, 0.3) is 0 Å². The van der Waals surface area contributed by atoms with Crippen LogP contribution in [-0.2, 0) is 20.6 Å². The number of sulfonamides is 1. The molecule has 2 atom stereocenters. The monoisotopic (exact) mass is 386 g/mol. The Morgan fingerprint density at radius 1 is 1.36 bits per heavy atom. The van der Waals surface area contributed by atoms with Crippen LogP contribution in [0.15, 0.2) is 24.3 Å². The fourth-order valence-electron chi connectivity index (χ4n) is 2.85. The van der Waals surface area contributed by atoms with E-state index in [1.807, 2.05) is 20.8 Å². The zero-order chi connectivity index (χ0) is 18.6. The van der Waals surface area contributed by atoms with Crippen molar-refractivity contribution in [1.82, 2.24) is 9.62 Å². The van der Waals surface area contributed by atoms with Gasteiger partial charge in [-0.2, -0.15) is 0 Å². The van der Waals surface area contributed by atoms with E-state index in [9.17, 15) is 13.2 Å². The molecule has 140 valence electrons. The first kappa shape index (κ1) is 20.2. The molecule has 0 saturated carbocycles. The number of nitrogens with one attached hydrogen (secondary N) is 1. The first-order valence-electron chi connectivity index (χ1n) is 8.71. The van der Waals surface area contributed by atoms with E-state index in [-0.39, 0.29) is 30.2 Å². The van der Waals surface area contributed by atoms with Crippen LogP contribution in [-0.4, -0.2) is 37.8 Å². The molecule has 1 aromatic rings. The summed E-state index contributed by atoms with van der Waals surface area (Å²) in [7, 11) is -3.47. The second kappa shape index (κ2) is 8.52. The topological polar surface area (TPSA) is 66.5 Å². The van der Waals surface area contributed by atoms with Crippen molar-refractivity contribution in [3.63, 3.8) is 0 Å². The highest BCUT2D eigenvalue weighted by Crippen LogP contribution is 2.23. The highest BCUT2D eigenvalue weighted by molar-refractivity contribution is 7.88. The minimum atomic E-state index is -3.47. The molecule has 25 heavy (non-hydrogen) atoms. The van der Waals surface area contributed by atoms with Gasteiger partial charge in [-0.25, -0.2) is 12.7 Å². The summed E-state index contributed by atoms with van der Waals surface area (Å²) >= 11 is 5.94. The minimum Gasteiger partial charge on any atom is -0.353 e. The van der Waals surface area contributed by atoms with Gasteiger partial charge in [-0.15, -0.1) is 0 Å². The normalized spacial score (nSPS) is 20.4. The molecule has 0 aromatic heterocycles. The number of carbonyl (C=O) groups excluding carboxylic acids is 1. The van der Waals surface area contributed by atoms with Gasteiger partial charge >= 0.3 is 0 Å². The number of halogens is 1. The summed E-state index contributed by atoms with van der Waals surface area (Å²) in [4.78, 5) is 12.4. The van der Waals surface area contributed by atoms with Crippen molar-refractivity contribution in [2.45, 2.75) is 45.4 Å². The van der Waals surface area contributed by atoms with E-state index in [2.05, 4.69) is 5.32 Å². The van der Waals surface area contributed by atoms with E-state index in [0.717, 1.165) is 6.42 Å². The summed E-state index contributed by atoms with van der Waals surface area (Å²) < 4.78 is 26.9. The predicted molar refractivity (Wildman–Crippen MR) is 101 cm³/mol. The molecule has 1 amide bonds. The van der Waals surface area contributed by atoms with Crippen LogP contribution in [0.3, 0.4) is 0 Å². The van der Waals surface area contributed by atoms with Crippen molar-refractivity contribution in [3.8, 4) is 0 Å². The van der Waals surface area contributed by atoms with E-state index < -0.39 is 10.0 Å². The van der Waals surface area contributed by atoms with E-state index in [4.69, 9.17) is 11.6 Å². The third-order valence-electron chi connectivity index (χ3n) is 4.76. The maximum atomic E-state index is 12.7. The van der Waals surface area contributed by atoms with Gasteiger partial charge in [0, 0.05) is 24.2 Å². The van der Waals surface area contributed by atoms with Gasteiger partial charge in [0.15, 0.2) is 0 Å². The molecule has 5 nitrogen and oxygen atoms in total. The lowest BCUT2D eigenvalue weighted by atomic mass is 9.97. The fraction of sp³-hybridized carbons (Fsp3) is 0.611. The van der Waals surface area contributed by atoms with Crippen LogP contribution in [0.4, 0.5) is 0 Å². The molecule has 0 bridgehead atoms. The van der Waals surface area contributed by atoms with E-state index >= 15 is 0 Å². The van der Waals surface area contributed by atoms with Crippen LogP contribution in [0, 0.1) is 11.8 Å². The van der Waals surface area contributed by atoms with Crippen LogP contribution < -0.4 is 5.32 Å². The molecule has 1 aromatic carbocycles. The number of hydrogen-bond donors (Lipinski definition) is 1. The molecule has 0 spiro atoms. The van der Waals surface area contributed by atoms with Crippen LogP contribution in [0.25, 0.3) is 0 Å². The minimum absolute atomic E-state index is 0.0520. The third-order valence-corrected chi connectivity index (χ3v) is 6.81. The quantitative estimate of drug-likeness (QED) is 0.817. The fourth-order valence-corrected chi connectivity index (χ4v) is 4.66. The number of rotatable bonds is 6. The summed E-state index contributed by atoms with van der Waals surface area (Å²) in [6.07, 6.45) is 1.42. The lowest BCUT2D eigenvalue weighted by molar-refractivity contribution is -0.127. The molecule has 0 aliphatic carbocycles. The zero-order valence-corrected chi connectivity index (χ0v) is 16.6. The molecule has 7 heteroatoms. The van der Waals surface area contributed by atoms with Crippen molar-refractivity contribution in [2.75, 3.05) is 13.1 Å². The first-order valence-corrected chi connectivity index (χ1v) is 10.7. The zero-order valence-electron chi connectivity index (χ0n) is 15.0. The molecule has 1 heterocycles. The number of hydrogen-bond acceptors (Lipinski definition) is 3. The van der Waals surface area contributed by atoms with Gasteiger partial charge in [-0.1, -0.05) is 37.6 Å². The Bertz CT molecular complexity index is 706. The molecule has 2 rings (SSSR count). The SMILES string of the molecule is CC(C)[C@H](C)NC(=O)[C@H]1CCCN(S(=O)(=O)Cc2cccc(Cl)c2)C1. The standard InChI is InChI=1S/C18H27ClN2O3S/c1-13(2)14(3)20-18(22)16-7-5-9-21(11-16)25(23,24)12-15-6-4-8-17(19)10-15/h4,6,8,10,13-14,16H,5,7,9,11-12H2,1-3H3,(H,20,22)/t14-,16-/m0/s1. The second-order valence-corrected chi connectivity index (χ2v) is 9.53. The average molecular weight is 387 g/mol. The first-order chi connectivity index (χ1) is 11.7. The highest BCUT2D eigenvalue weighted by atomic mass is 35.5. The van der Waals surface area contributed by atoms with Gasteiger partial charge < -0.3 is 5.32 Å². The van der Waals surface area contributed by atoms with E-state index in [1.165, 1.54) is 4.31 Å².